The lowest BCUT2D eigenvalue weighted by Crippen LogP contribution is -2.40. The van der Waals surface area contributed by atoms with Gasteiger partial charge in [-0.15, -0.1) is 11.3 Å². The van der Waals surface area contributed by atoms with Crippen LogP contribution in [-0.2, 0) is 29.1 Å². The maximum atomic E-state index is 12.9. The maximum Gasteiger partial charge on any atom is 0.257 e. The molecule has 0 aromatic carbocycles. The third-order valence-electron chi connectivity index (χ3n) is 5.39. The first kappa shape index (κ1) is 19.4. The van der Waals surface area contributed by atoms with Crippen molar-refractivity contribution in [3.8, 4) is 0 Å². The Morgan fingerprint density at radius 1 is 1.17 bits per heavy atom. The zero-order valence-corrected chi connectivity index (χ0v) is 17.2. The molecule has 0 bridgehead atoms. The largest absolute Gasteiger partial charge is 0.336 e. The summed E-state index contributed by atoms with van der Waals surface area (Å²) in [7, 11) is 1.64. The minimum Gasteiger partial charge on any atom is -0.336 e. The van der Waals surface area contributed by atoms with Crippen LogP contribution in [0.2, 0.25) is 0 Å². The molecule has 3 amide bonds. The van der Waals surface area contributed by atoms with Crippen LogP contribution in [0.25, 0.3) is 0 Å². The average Bonchev–Trinajstić information content (AvgIpc) is 3.03. The van der Waals surface area contributed by atoms with Crippen molar-refractivity contribution in [2.24, 2.45) is 0 Å². The number of hydrogen-bond donors (Lipinski definition) is 0. The summed E-state index contributed by atoms with van der Waals surface area (Å²) in [6.07, 6.45) is 2.16. The van der Waals surface area contributed by atoms with Gasteiger partial charge in [0.05, 0.1) is 12.1 Å². The van der Waals surface area contributed by atoms with Crippen LogP contribution in [0.3, 0.4) is 0 Å². The molecule has 9 heteroatoms. The van der Waals surface area contributed by atoms with Crippen LogP contribution in [0.5, 0.6) is 0 Å². The minimum atomic E-state index is -0.216. The molecule has 4 rings (SSSR count). The SMILES string of the molecule is CCN1C(=O)CN(C)C(=O)c2c1sc1c2CCN(C(=O)Cn2ccccc2=O)C1. The van der Waals surface area contributed by atoms with E-state index in [2.05, 4.69) is 0 Å². The number of amides is 3. The van der Waals surface area contributed by atoms with Crippen molar-refractivity contribution < 1.29 is 14.4 Å². The number of hydrogen-bond acceptors (Lipinski definition) is 5. The lowest BCUT2D eigenvalue weighted by atomic mass is 10.0. The molecule has 152 valence electrons. The fourth-order valence-corrected chi connectivity index (χ4v) is 5.27. The van der Waals surface area contributed by atoms with Gasteiger partial charge < -0.3 is 19.3 Å². The Labute approximate surface area is 171 Å². The highest BCUT2D eigenvalue weighted by Crippen LogP contribution is 2.41. The van der Waals surface area contributed by atoms with E-state index >= 15 is 0 Å². The molecule has 2 aliphatic rings. The highest BCUT2D eigenvalue weighted by Gasteiger charge is 2.36. The van der Waals surface area contributed by atoms with Crippen molar-refractivity contribution in [2.45, 2.75) is 26.4 Å². The fourth-order valence-electron chi connectivity index (χ4n) is 3.83. The van der Waals surface area contributed by atoms with E-state index in [0.29, 0.717) is 36.6 Å². The third-order valence-corrected chi connectivity index (χ3v) is 6.63. The maximum absolute atomic E-state index is 12.9. The lowest BCUT2D eigenvalue weighted by Gasteiger charge is -2.28. The zero-order valence-electron chi connectivity index (χ0n) is 16.4. The van der Waals surface area contributed by atoms with E-state index in [-0.39, 0.29) is 36.4 Å². The topological polar surface area (TPSA) is 82.9 Å². The van der Waals surface area contributed by atoms with Crippen LogP contribution < -0.4 is 10.5 Å². The van der Waals surface area contributed by atoms with E-state index in [4.69, 9.17) is 0 Å². The van der Waals surface area contributed by atoms with Gasteiger partial charge in [-0.1, -0.05) is 6.07 Å². The molecular formula is C20H22N4O4S. The minimum absolute atomic E-state index is 0.0126. The molecule has 0 unspecified atom stereocenters. The number of likely N-dealkylation sites (N-methyl/N-ethyl adjacent to an activating group) is 2. The van der Waals surface area contributed by atoms with Gasteiger partial charge in [-0.2, -0.15) is 0 Å². The van der Waals surface area contributed by atoms with Gasteiger partial charge in [-0.05, 0) is 25.0 Å². The Morgan fingerprint density at radius 2 is 1.97 bits per heavy atom. The van der Waals surface area contributed by atoms with Crippen molar-refractivity contribution in [1.29, 1.82) is 0 Å². The van der Waals surface area contributed by atoms with E-state index in [0.717, 1.165) is 10.4 Å². The van der Waals surface area contributed by atoms with E-state index in [1.165, 1.54) is 26.9 Å². The second-order valence-corrected chi connectivity index (χ2v) is 8.30. The monoisotopic (exact) mass is 414 g/mol. The average molecular weight is 414 g/mol. The Balaban J connectivity index is 1.63. The molecule has 29 heavy (non-hydrogen) atoms. The van der Waals surface area contributed by atoms with Gasteiger partial charge >= 0.3 is 0 Å². The van der Waals surface area contributed by atoms with Crippen LogP contribution in [0.15, 0.2) is 29.2 Å². The number of nitrogens with zero attached hydrogens (tertiary/aromatic N) is 4. The number of rotatable bonds is 3. The number of fused-ring (bicyclic) bond motifs is 3. The molecule has 0 spiro atoms. The van der Waals surface area contributed by atoms with E-state index in [1.54, 1.807) is 35.2 Å². The number of pyridine rings is 1. The van der Waals surface area contributed by atoms with Crippen molar-refractivity contribution in [1.82, 2.24) is 14.4 Å². The summed E-state index contributed by atoms with van der Waals surface area (Å²) >= 11 is 1.42. The van der Waals surface area contributed by atoms with Crippen molar-refractivity contribution in [2.75, 3.05) is 31.6 Å². The van der Waals surface area contributed by atoms with E-state index in [9.17, 15) is 19.2 Å². The summed E-state index contributed by atoms with van der Waals surface area (Å²) in [5, 5.41) is 0.686. The van der Waals surface area contributed by atoms with Crippen LogP contribution in [0.1, 0.15) is 27.7 Å². The van der Waals surface area contributed by atoms with Gasteiger partial charge in [0.25, 0.3) is 11.5 Å². The molecular weight excluding hydrogens is 392 g/mol. The quantitative estimate of drug-likeness (QED) is 0.748. The normalized spacial score (nSPS) is 16.6. The van der Waals surface area contributed by atoms with Gasteiger partial charge in [0.1, 0.15) is 18.1 Å². The second-order valence-electron chi connectivity index (χ2n) is 7.22. The summed E-state index contributed by atoms with van der Waals surface area (Å²) < 4.78 is 1.39. The molecule has 2 aliphatic heterocycles. The Bertz CT molecular complexity index is 1060. The molecule has 2 aromatic heterocycles. The third kappa shape index (κ3) is 3.35. The summed E-state index contributed by atoms with van der Waals surface area (Å²) in [6.45, 7) is 3.31. The molecule has 0 saturated carbocycles. The molecule has 8 nitrogen and oxygen atoms in total. The number of carbonyl (C=O) groups excluding carboxylic acids is 3. The highest BCUT2D eigenvalue weighted by atomic mass is 32.1. The number of aromatic nitrogens is 1. The molecule has 2 aromatic rings. The standard InChI is InChI=1S/C20H22N4O4S/c1-3-24-17(27)11-21(2)19(28)18-13-7-9-23(10-14(13)29-20(18)24)16(26)12-22-8-5-4-6-15(22)25/h4-6,8H,3,7,9-12H2,1-2H3. The van der Waals surface area contributed by atoms with Crippen molar-refractivity contribution in [3.63, 3.8) is 0 Å². The molecule has 0 fully saturated rings. The van der Waals surface area contributed by atoms with Gasteiger partial charge in [-0.3, -0.25) is 19.2 Å². The summed E-state index contributed by atoms with van der Waals surface area (Å²) in [5.41, 5.74) is 1.33. The van der Waals surface area contributed by atoms with E-state index in [1.807, 2.05) is 6.92 Å². The molecule has 0 saturated heterocycles. The van der Waals surface area contributed by atoms with Crippen molar-refractivity contribution in [3.05, 3.63) is 50.8 Å². The van der Waals surface area contributed by atoms with Crippen molar-refractivity contribution >= 4 is 34.1 Å². The summed E-state index contributed by atoms with van der Waals surface area (Å²) in [5.74, 6) is -0.381. The molecule has 0 radical (unpaired) electrons. The predicted molar refractivity (Wildman–Crippen MR) is 109 cm³/mol. The first-order valence-electron chi connectivity index (χ1n) is 9.54. The first-order chi connectivity index (χ1) is 13.9. The highest BCUT2D eigenvalue weighted by molar-refractivity contribution is 7.17. The van der Waals surface area contributed by atoms with Gasteiger partial charge in [0.15, 0.2) is 0 Å². The molecule has 0 aliphatic carbocycles. The smallest absolute Gasteiger partial charge is 0.257 e. The first-order valence-corrected chi connectivity index (χ1v) is 10.4. The molecule has 0 N–H and O–H groups in total. The zero-order chi connectivity index (χ0) is 20.7. The van der Waals surface area contributed by atoms with Gasteiger partial charge in [0, 0.05) is 37.3 Å². The van der Waals surface area contributed by atoms with Gasteiger partial charge in [0.2, 0.25) is 11.8 Å². The lowest BCUT2D eigenvalue weighted by molar-refractivity contribution is -0.132. The predicted octanol–water partition coefficient (Wildman–Crippen LogP) is 0.933. The van der Waals surface area contributed by atoms with Crippen LogP contribution in [0.4, 0.5) is 5.00 Å². The summed E-state index contributed by atoms with van der Waals surface area (Å²) in [4.78, 5) is 55.8. The molecule has 0 atom stereocenters. The number of carbonyl (C=O) groups is 3. The summed E-state index contributed by atoms with van der Waals surface area (Å²) in [6, 6.07) is 4.79. The Morgan fingerprint density at radius 3 is 2.69 bits per heavy atom. The van der Waals surface area contributed by atoms with Crippen LogP contribution >= 0.6 is 11.3 Å². The Kier molecular flexibility index (Phi) is 4.99. The van der Waals surface area contributed by atoms with Gasteiger partial charge in [-0.25, -0.2) is 0 Å². The molecule has 4 heterocycles. The number of anilines is 1. The second kappa shape index (κ2) is 7.47. The van der Waals surface area contributed by atoms with Crippen LogP contribution in [-0.4, -0.2) is 58.8 Å². The number of thiophene rings is 1. The fraction of sp³-hybridized carbons (Fsp3) is 0.400. The van der Waals surface area contributed by atoms with E-state index < -0.39 is 0 Å². The van der Waals surface area contributed by atoms with Crippen LogP contribution in [0, 0.1) is 0 Å². The Hall–Kier alpha value is -2.94.